The Balaban J connectivity index is 2.10. The van der Waals surface area contributed by atoms with Crippen LogP contribution in [0.3, 0.4) is 0 Å². The molecule has 35 heavy (non-hydrogen) atoms. The molecule has 0 saturated heterocycles. The van der Waals surface area contributed by atoms with Crippen molar-refractivity contribution in [3.8, 4) is 12.3 Å². The van der Waals surface area contributed by atoms with Crippen LogP contribution in [-0.4, -0.2) is 45.3 Å². The Bertz CT molecular complexity index is 1240. The summed E-state index contributed by atoms with van der Waals surface area (Å²) in [5.74, 6) is 2.09. The molecule has 1 unspecified atom stereocenters. The summed E-state index contributed by atoms with van der Waals surface area (Å²) in [5, 5.41) is 1.93. The fourth-order valence-electron chi connectivity index (χ4n) is 3.87. The minimum absolute atomic E-state index is 0.0751. The number of fused-ring (bicyclic) bond motifs is 1. The zero-order chi connectivity index (χ0) is 25.4. The van der Waals surface area contributed by atoms with Gasteiger partial charge in [-0.3, -0.25) is 9.59 Å². The van der Waals surface area contributed by atoms with Gasteiger partial charge < -0.3 is 18.7 Å². The average molecular weight is 491 g/mol. The Morgan fingerprint density at radius 2 is 1.54 bits per heavy atom. The molecule has 0 bridgehead atoms. The van der Waals surface area contributed by atoms with E-state index in [-0.39, 0.29) is 30.9 Å². The summed E-state index contributed by atoms with van der Waals surface area (Å²) in [4.78, 5) is 27.4. The molecule has 3 rings (SSSR count). The van der Waals surface area contributed by atoms with Gasteiger partial charge in [-0.25, -0.2) is 0 Å². The lowest BCUT2D eigenvalue weighted by atomic mass is 10.0. The number of nitrogens with zero attached hydrogens (tertiary/aromatic N) is 2. The van der Waals surface area contributed by atoms with Crippen molar-refractivity contribution >= 4 is 46.0 Å². The fourth-order valence-corrected chi connectivity index (χ4v) is 4.89. The predicted octanol–water partition coefficient (Wildman–Crippen LogP) is 5.23. The predicted molar refractivity (Wildman–Crippen MR) is 143 cm³/mol. The van der Waals surface area contributed by atoms with E-state index in [1.807, 2.05) is 83.7 Å². The number of carbonyl (C=O) groups excluding carboxylic acids is 2. The zero-order valence-corrected chi connectivity index (χ0v) is 21.3. The number of hydrogen-bond donors (Lipinski definition) is 0. The molecule has 7 heteroatoms. The molecule has 0 aliphatic heterocycles. The van der Waals surface area contributed by atoms with Crippen LogP contribution in [0.1, 0.15) is 18.9 Å². The van der Waals surface area contributed by atoms with Gasteiger partial charge in [0.2, 0.25) is 0 Å². The molecule has 0 amide bonds. The highest BCUT2D eigenvalue weighted by atomic mass is 32.2. The molecule has 182 valence electrons. The molecule has 0 saturated carbocycles. The second kappa shape index (κ2) is 12.2. The van der Waals surface area contributed by atoms with Gasteiger partial charge in [0.1, 0.15) is 6.54 Å². The third-order valence-electron chi connectivity index (χ3n) is 5.74. The molecule has 3 aromatic carbocycles. The number of terminal acetylenes is 1. The van der Waals surface area contributed by atoms with E-state index in [4.69, 9.17) is 15.9 Å². The minimum Gasteiger partial charge on any atom is -0.469 e. The van der Waals surface area contributed by atoms with Crippen LogP contribution in [0.2, 0.25) is 0 Å². The summed E-state index contributed by atoms with van der Waals surface area (Å²) in [6.07, 6.45) is 5.90. The second-order valence-corrected chi connectivity index (χ2v) is 9.14. The van der Waals surface area contributed by atoms with Gasteiger partial charge in [-0.2, -0.15) is 0 Å². The van der Waals surface area contributed by atoms with Crippen molar-refractivity contribution in [1.82, 2.24) is 0 Å². The number of esters is 2. The summed E-state index contributed by atoms with van der Waals surface area (Å²) in [6.45, 7) is 4.41. The van der Waals surface area contributed by atoms with Crippen LogP contribution in [0.15, 0.2) is 65.6 Å². The summed E-state index contributed by atoms with van der Waals surface area (Å²) < 4.78 is 11.8. The lowest BCUT2D eigenvalue weighted by molar-refractivity contribution is -0.141. The number of aryl methyl sites for hydroxylation is 1. The van der Waals surface area contributed by atoms with Crippen LogP contribution in [0.4, 0.5) is 11.4 Å². The summed E-state index contributed by atoms with van der Waals surface area (Å²) in [7, 11) is 2.77. The maximum atomic E-state index is 12.3. The summed E-state index contributed by atoms with van der Waals surface area (Å²) in [5.41, 5.74) is 2.91. The maximum absolute atomic E-state index is 12.3. The van der Waals surface area contributed by atoms with Crippen LogP contribution in [0.5, 0.6) is 0 Å². The highest BCUT2D eigenvalue weighted by Gasteiger charge is 2.23. The molecule has 6 nitrogen and oxygen atoms in total. The zero-order valence-electron chi connectivity index (χ0n) is 20.5. The van der Waals surface area contributed by atoms with Gasteiger partial charge in [-0.05, 0) is 49.6 Å². The first kappa shape index (κ1) is 26.0. The van der Waals surface area contributed by atoms with Crippen molar-refractivity contribution in [3.05, 3.63) is 66.2 Å². The molecule has 0 fully saturated rings. The summed E-state index contributed by atoms with van der Waals surface area (Å²) >= 11 is 1.49. The molecule has 0 aliphatic rings. The average Bonchev–Trinajstić information content (AvgIpc) is 2.87. The number of methoxy groups -OCH3 is 2. The quantitative estimate of drug-likeness (QED) is 0.219. The molecule has 0 heterocycles. The molecule has 0 radical (unpaired) electrons. The van der Waals surface area contributed by atoms with Gasteiger partial charge in [0.25, 0.3) is 0 Å². The van der Waals surface area contributed by atoms with Crippen LogP contribution in [0.25, 0.3) is 10.8 Å². The maximum Gasteiger partial charge on any atom is 0.326 e. The van der Waals surface area contributed by atoms with Crippen molar-refractivity contribution < 1.29 is 19.1 Å². The van der Waals surface area contributed by atoms with E-state index < -0.39 is 0 Å². The third-order valence-corrected chi connectivity index (χ3v) is 6.94. The van der Waals surface area contributed by atoms with E-state index in [0.29, 0.717) is 6.54 Å². The first-order valence-corrected chi connectivity index (χ1v) is 12.0. The molecular weight excluding hydrogens is 460 g/mol. The van der Waals surface area contributed by atoms with Crippen molar-refractivity contribution in [2.24, 2.45) is 0 Å². The van der Waals surface area contributed by atoms with Gasteiger partial charge in [-0.15, -0.1) is 6.42 Å². The second-order valence-electron chi connectivity index (χ2n) is 8.08. The van der Waals surface area contributed by atoms with Gasteiger partial charge in [0.05, 0.1) is 32.9 Å². The number of ether oxygens (including phenoxy) is 2. The van der Waals surface area contributed by atoms with Crippen LogP contribution < -0.4 is 9.21 Å². The molecule has 0 spiro atoms. The number of carbonyl (C=O) groups is 2. The largest absolute Gasteiger partial charge is 0.469 e. The highest BCUT2D eigenvalue weighted by molar-refractivity contribution is 8.00. The fraction of sp³-hybridized carbons (Fsp3) is 0.286. The van der Waals surface area contributed by atoms with Gasteiger partial charge in [0, 0.05) is 27.4 Å². The van der Waals surface area contributed by atoms with Crippen molar-refractivity contribution in [1.29, 1.82) is 0 Å². The Hall–Kier alpha value is -3.63. The molecule has 1 atom stereocenters. The molecule has 0 N–H and O–H groups in total. The van der Waals surface area contributed by atoms with E-state index in [2.05, 4.69) is 5.92 Å². The first-order chi connectivity index (χ1) is 16.9. The Morgan fingerprint density at radius 3 is 2.17 bits per heavy atom. The van der Waals surface area contributed by atoms with Gasteiger partial charge in [0.15, 0.2) is 0 Å². The molecular formula is C28H30N2O4S. The van der Waals surface area contributed by atoms with Crippen LogP contribution >= 0.6 is 11.9 Å². The minimum atomic E-state index is -0.333. The van der Waals surface area contributed by atoms with E-state index in [1.54, 1.807) is 0 Å². The Morgan fingerprint density at radius 1 is 0.943 bits per heavy atom. The lowest BCUT2D eigenvalue weighted by Gasteiger charge is -2.31. The number of rotatable bonds is 10. The molecule has 0 aromatic heterocycles. The van der Waals surface area contributed by atoms with E-state index in [9.17, 15) is 9.59 Å². The van der Waals surface area contributed by atoms with E-state index >= 15 is 0 Å². The smallest absolute Gasteiger partial charge is 0.326 e. The van der Waals surface area contributed by atoms with Crippen molar-refractivity contribution in [3.63, 3.8) is 0 Å². The Kier molecular flexibility index (Phi) is 9.04. The highest BCUT2D eigenvalue weighted by Crippen LogP contribution is 2.39. The monoisotopic (exact) mass is 490 g/mol. The topological polar surface area (TPSA) is 59.1 Å². The normalized spacial score (nSPS) is 11.4. The SMILES string of the molecule is C#CCN(c1ccc(N(CC(=O)OC)Sc2ccccc2C)c2ccccc12)C(C)CC(=O)OC. The lowest BCUT2D eigenvalue weighted by Crippen LogP contribution is -2.35. The number of anilines is 2. The van der Waals surface area contributed by atoms with E-state index in [1.165, 1.54) is 26.2 Å². The number of hydrogen-bond acceptors (Lipinski definition) is 7. The van der Waals surface area contributed by atoms with E-state index in [0.717, 1.165) is 32.6 Å². The van der Waals surface area contributed by atoms with Crippen LogP contribution in [-0.2, 0) is 19.1 Å². The first-order valence-electron chi connectivity index (χ1n) is 11.3. The van der Waals surface area contributed by atoms with Gasteiger partial charge in [-0.1, -0.05) is 48.4 Å². The van der Waals surface area contributed by atoms with Crippen molar-refractivity contribution in [2.45, 2.75) is 31.2 Å². The molecule has 0 aliphatic carbocycles. The van der Waals surface area contributed by atoms with Crippen LogP contribution in [0, 0.1) is 19.3 Å². The van der Waals surface area contributed by atoms with Gasteiger partial charge >= 0.3 is 11.9 Å². The standard InChI is InChI=1S/C28H30N2O4S/c1-6-17-29(21(3)18-27(31)33-4)24-15-16-25(23-13-9-8-12-22(23)24)30(19-28(32)34-5)35-26-14-10-7-11-20(26)2/h1,7-16,21H,17-19H2,2-5H3. The summed E-state index contributed by atoms with van der Waals surface area (Å²) in [6, 6.07) is 19.8. The Labute approximate surface area is 211 Å². The third kappa shape index (κ3) is 6.28. The number of benzene rings is 3. The van der Waals surface area contributed by atoms with Crippen molar-refractivity contribution in [2.75, 3.05) is 36.5 Å². The molecule has 3 aromatic rings.